The molecule has 0 amide bonds. The topological polar surface area (TPSA) is 76.4 Å². The summed E-state index contributed by atoms with van der Waals surface area (Å²) < 4.78 is 0. The molecule has 5 N–H and O–H groups in total. The highest BCUT2D eigenvalue weighted by molar-refractivity contribution is 5.85. The Bertz CT molecular complexity index is 504. The Morgan fingerprint density at radius 2 is 1.39 bits per heavy atom. The van der Waals surface area contributed by atoms with Gasteiger partial charge in [0.25, 0.3) is 0 Å². The average molecular weight is 263 g/mol. The quantitative estimate of drug-likeness (QED) is 0.588. The third-order valence-electron chi connectivity index (χ3n) is 2.19. The molecule has 2 aromatic carbocycles. The van der Waals surface area contributed by atoms with E-state index in [2.05, 4.69) is 10.3 Å². The van der Waals surface area contributed by atoms with Crippen molar-refractivity contribution in [3.05, 3.63) is 54.6 Å². The van der Waals surface area contributed by atoms with E-state index in [0.29, 0.717) is 0 Å². The molecule has 2 aromatic rings. The molecule has 0 fully saturated rings. The zero-order chi connectivity index (χ0) is 12.1. The van der Waals surface area contributed by atoms with Crippen LogP contribution in [-0.4, -0.2) is 5.96 Å². The lowest BCUT2D eigenvalue weighted by Gasteiger charge is -2.06. The van der Waals surface area contributed by atoms with Crippen molar-refractivity contribution < 1.29 is 0 Å². The number of nitrogens with zero attached hydrogens (tertiary/aromatic N) is 1. The molecule has 0 aliphatic heterocycles. The van der Waals surface area contributed by atoms with Crippen molar-refractivity contribution in [3.63, 3.8) is 0 Å². The molecule has 0 bridgehead atoms. The van der Waals surface area contributed by atoms with Crippen LogP contribution in [0, 0.1) is 0 Å². The second-order valence-corrected chi connectivity index (χ2v) is 3.57. The fourth-order valence-corrected chi connectivity index (χ4v) is 1.46. The fourth-order valence-electron chi connectivity index (χ4n) is 1.46. The SMILES string of the molecule is Cl.NC(N)=Nc1ccc(Nc2ccccc2)cc1. The Labute approximate surface area is 112 Å². The first kappa shape index (κ1) is 13.9. The van der Waals surface area contributed by atoms with Crippen molar-refractivity contribution >= 4 is 35.4 Å². The molecule has 0 aromatic heterocycles. The first-order valence-corrected chi connectivity index (χ1v) is 5.26. The molecule has 0 radical (unpaired) electrons. The molecular weight excluding hydrogens is 248 g/mol. The van der Waals surface area contributed by atoms with Crippen LogP contribution in [0.1, 0.15) is 0 Å². The number of rotatable bonds is 3. The number of benzene rings is 2. The number of guanidine groups is 1. The summed E-state index contributed by atoms with van der Waals surface area (Å²) in [5.74, 6) is 0.0637. The van der Waals surface area contributed by atoms with Crippen LogP contribution >= 0.6 is 12.4 Å². The molecule has 94 valence electrons. The van der Waals surface area contributed by atoms with Crippen molar-refractivity contribution in [1.82, 2.24) is 0 Å². The molecule has 0 unspecified atom stereocenters. The fraction of sp³-hybridized carbons (Fsp3) is 0. The molecule has 0 saturated carbocycles. The van der Waals surface area contributed by atoms with Crippen LogP contribution in [0.5, 0.6) is 0 Å². The molecule has 0 heterocycles. The molecule has 0 aliphatic carbocycles. The largest absolute Gasteiger partial charge is 0.370 e. The van der Waals surface area contributed by atoms with Gasteiger partial charge < -0.3 is 16.8 Å². The van der Waals surface area contributed by atoms with Gasteiger partial charge in [-0.1, -0.05) is 18.2 Å². The van der Waals surface area contributed by atoms with Gasteiger partial charge >= 0.3 is 0 Å². The number of hydrogen-bond donors (Lipinski definition) is 3. The second kappa shape index (κ2) is 6.51. The summed E-state index contributed by atoms with van der Waals surface area (Å²) in [6, 6.07) is 17.5. The maximum Gasteiger partial charge on any atom is 0.191 e. The van der Waals surface area contributed by atoms with Crippen LogP contribution in [0.4, 0.5) is 17.1 Å². The zero-order valence-corrected chi connectivity index (χ0v) is 10.5. The molecular formula is C13H15ClN4. The third-order valence-corrected chi connectivity index (χ3v) is 2.19. The molecule has 0 atom stereocenters. The number of para-hydroxylation sites is 1. The molecule has 18 heavy (non-hydrogen) atoms. The number of hydrogen-bond acceptors (Lipinski definition) is 2. The molecule has 0 saturated heterocycles. The molecule has 5 heteroatoms. The Hall–Kier alpha value is -2.20. The Kier molecular flexibility index (Phi) is 5.02. The summed E-state index contributed by atoms with van der Waals surface area (Å²) in [6.07, 6.45) is 0. The normalized spacial score (nSPS) is 9.11. The van der Waals surface area contributed by atoms with Crippen LogP contribution < -0.4 is 16.8 Å². The predicted molar refractivity (Wildman–Crippen MR) is 78.9 cm³/mol. The summed E-state index contributed by atoms with van der Waals surface area (Å²) in [6.45, 7) is 0. The van der Waals surface area contributed by atoms with Crippen LogP contribution in [0.25, 0.3) is 0 Å². The van der Waals surface area contributed by atoms with E-state index >= 15 is 0 Å². The van der Waals surface area contributed by atoms with Crippen LogP contribution in [0.3, 0.4) is 0 Å². The lowest BCUT2D eigenvalue weighted by molar-refractivity contribution is 1.42. The smallest absolute Gasteiger partial charge is 0.191 e. The van der Waals surface area contributed by atoms with Gasteiger partial charge in [-0.2, -0.15) is 0 Å². The standard InChI is InChI=1S/C13H14N4.ClH/c14-13(15)17-12-8-6-11(7-9-12)16-10-4-2-1-3-5-10;/h1-9,16H,(H4,14,15,17);1H. The highest BCUT2D eigenvalue weighted by atomic mass is 35.5. The Morgan fingerprint density at radius 3 is 1.94 bits per heavy atom. The minimum absolute atomic E-state index is 0. The molecule has 0 aliphatic rings. The summed E-state index contributed by atoms with van der Waals surface area (Å²) in [7, 11) is 0. The molecule has 0 spiro atoms. The van der Waals surface area contributed by atoms with Gasteiger partial charge in [-0.15, -0.1) is 12.4 Å². The summed E-state index contributed by atoms with van der Waals surface area (Å²) in [5, 5.41) is 3.27. The van der Waals surface area contributed by atoms with Crippen molar-refractivity contribution in [2.24, 2.45) is 16.5 Å². The van der Waals surface area contributed by atoms with Gasteiger partial charge in [-0.05, 0) is 36.4 Å². The summed E-state index contributed by atoms with van der Waals surface area (Å²) in [4.78, 5) is 3.95. The van der Waals surface area contributed by atoms with E-state index in [9.17, 15) is 0 Å². The number of halogens is 1. The maximum atomic E-state index is 5.30. The van der Waals surface area contributed by atoms with Gasteiger partial charge in [0.05, 0.1) is 5.69 Å². The highest BCUT2D eigenvalue weighted by Crippen LogP contribution is 2.19. The van der Waals surface area contributed by atoms with Gasteiger partial charge in [-0.25, -0.2) is 4.99 Å². The average Bonchev–Trinajstić information content (AvgIpc) is 2.32. The van der Waals surface area contributed by atoms with E-state index in [4.69, 9.17) is 11.5 Å². The lowest BCUT2D eigenvalue weighted by Crippen LogP contribution is -2.21. The van der Waals surface area contributed by atoms with E-state index in [1.54, 1.807) is 0 Å². The first-order valence-electron chi connectivity index (χ1n) is 5.26. The Morgan fingerprint density at radius 1 is 0.833 bits per heavy atom. The van der Waals surface area contributed by atoms with Crippen molar-refractivity contribution in [2.45, 2.75) is 0 Å². The first-order chi connectivity index (χ1) is 8.24. The monoisotopic (exact) mass is 262 g/mol. The van der Waals surface area contributed by atoms with Crippen LogP contribution in [0.2, 0.25) is 0 Å². The maximum absolute atomic E-state index is 5.30. The predicted octanol–water partition coefficient (Wildman–Crippen LogP) is 2.76. The number of anilines is 2. The Balaban J connectivity index is 0.00000162. The second-order valence-electron chi connectivity index (χ2n) is 3.57. The van der Waals surface area contributed by atoms with Gasteiger partial charge in [0.2, 0.25) is 0 Å². The van der Waals surface area contributed by atoms with Crippen molar-refractivity contribution in [2.75, 3.05) is 5.32 Å². The number of nitrogens with one attached hydrogen (secondary N) is 1. The van der Waals surface area contributed by atoms with E-state index in [1.807, 2.05) is 54.6 Å². The van der Waals surface area contributed by atoms with E-state index in [1.165, 1.54) is 0 Å². The highest BCUT2D eigenvalue weighted by Gasteiger charge is 1.94. The number of aliphatic imine (C=N–C) groups is 1. The zero-order valence-electron chi connectivity index (χ0n) is 9.71. The van der Waals surface area contributed by atoms with Crippen LogP contribution in [0.15, 0.2) is 59.6 Å². The lowest BCUT2D eigenvalue weighted by atomic mass is 10.2. The van der Waals surface area contributed by atoms with Crippen molar-refractivity contribution in [3.8, 4) is 0 Å². The summed E-state index contributed by atoms with van der Waals surface area (Å²) >= 11 is 0. The number of nitrogens with two attached hydrogens (primary N) is 2. The third kappa shape index (κ3) is 3.99. The van der Waals surface area contributed by atoms with Gasteiger partial charge in [-0.3, -0.25) is 0 Å². The molecule has 4 nitrogen and oxygen atoms in total. The van der Waals surface area contributed by atoms with E-state index in [-0.39, 0.29) is 18.4 Å². The van der Waals surface area contributed by atoms with Gasteiger partial charge in [0, 0.05) is 11.4 Å². The summed E-state index contributed by atoms with van der Waals surface area (Å²) in [5.41, 5.74) is 13.4. The minimum atomic E-state index is 0. The van der Waals surface area contributed by atoms with Crippen molar-refractivity contribution in [1.29, 1.82) is 0 Å². The van der Waals surface area contributed by atoms with E-state index < -0.39 is 0 Å². The molecule has 2 rings (SSSR count). The minimum Gasteiger partial charge on any atom is -0.370 e. The van der Waals surface area contributed by atoms with Gasteiger partial charge in [0.1, 0.15) is 0 Å². The van der Waals surface area contributed by atoms with Gasteiger partial charge in [0.15, 0.2) is 5.96 Å². The van der Waals surface area contributed by atoms with Crippen LogP contribution in [-0.2, 0) is 0 Å². The van der Waals surface area contributed by atoms with E-state index in [0.717, 1.165) is 17.1 Å².